The predicted octanol–water partition coefficient (Wildman–Crippen LogP) is -0.320. The summed E-state index contributed by atoms with van der Waals surface area (Å²) in [5.41, 5.74) is 0. The van der Waals surface area contributed by atoms with Crippen molar-refractivity contribution in [3.8, 4) is 0 Å². The lowest BCUT2D eigenvalue weighted by atomic mass is 10.3. The topological polar surface area (TPSA) is 98.7 Å². The van der Waals surface area contributed by atoms with E-state index in [1.807, 2.05) is 0 Å². The average Bonchev–Trinajstić information content (AvgIpc) is 2.70. The molecule has 1 fully saturated rings. The molecule has 0 saturated carbocycles. The van der Waals surface area contributed by atoms with Crippen molar-refractivity contribution in [1.82, 2.24) is 15.5 Å². The van der Waals surface area contributed by atoms with Crippen molar-refractivity contribution >= 4 is 29.7 Å². The summed E-state index contributed by atoms with van der Waals surface area (Å²) < 4.78 is 0. The van der Waals surface area contributed by atoms with E-state index < -0.39 is 18.0 Å². The quantitative estimate of drug-likeness (QED) is 0.653. The minimum atomic E-state index is -1.01. The van der Waals surface area contributed by atoms with Crippen molar-refractivity contribution in [2.24, 2.45) is 0 Å². The highest BCUT2D eigenvalue weighted by atomic mass is 32.2. The third-order valence-corrected chi connectivity index (χ3v) is 3.87. The van der Waals surface area contributed by atoms with E-state index >= 15 is 0 Å². The number of carbonyl (C=O) groups excluding carboxylic acids is 2. The molecule has 0 aromatic rings. The number of amides is 3. The van der Waals surface area contributed by atoms with Crippen LogP contribution < -0.4 is 10.6 Å². The van der Waals surface area contributed by atoms with Gasteiger partial charge in [0.25, 0.3) is 0 Å². The molecule has 3 amide bonds. The molecule has 2 unspecified atom stereocenters. The van der Waals surface area contributed by atoms with Gasteiger partial charge in [-0.15, -0.1) is 11.8 Å². The van der Waals surface area contributed by atoms with E-state index in [0.29, 0.717) is 5.75 Å². The third kappa shape index (κ3) is 3.52. The van der Waals surface area contributed by atoms with Crippen LogP contribution in [-0.2, 0) is 9.59 Å². The van der Waals surface area contributed by atoms with Crippen LogP contribution in [0.5, 0.6) is 0 Å². The van der Waals surface area contributed by atoms with Gasteiger partial charge in [0, 0.05) is 25.8 Å². The minimum absolute atomic E-state index is 0.172. The van der Waals surface area contributed by atoms with Crippen molar-refractivity contribution in [1.29, 1.82) is 0 Å². The summed E-state index contributed by atoms with van der Waals surface area (Å²) in [4.78, 5) is 35.1. The second kappa shape index (κ2) is 6.48. The first-order chi connectivity index (χ1) is 8.47. The Hall–Kier alpha value is -1.44. The number of thioether (sulfide) groups is 1. The summed E-state index contributed by atoms with van der Waals surface area (Å²) in [5, 5.41) is 13.8. The van der Waals surface area contributed by atoms with Gasteiger partial charge >= 0.3 is 12.0 Å². The fourth-order valence-electron chi connectivity index (χ4n) is 1.64. The molecule has 8 heteroatoms. The van der Waals surface area contributed by atoms with Crippen molar-refractivity contribution in [3.05, 3.63) is 0 Å². The number of hydrogen-bond acceptors (Lipinski definition) is 4. The molecule has 18 heavy (non-hydrogen) atoms. The standard InChI is InChI=1S/C10H17N3O4S/c1-6-13(7(5-18-6)9(15)16)10(17)12-4-3-8(14)11-2/h6-7H,3-5H2,1-2H3,(H,11,14)(H,12,17)(H,15,16). The fraction of sp³-hybridized carbons (Fsp3) is 0.700. The molecule has 0 aliphatic carbocycles. The van der Waals surface area contributed by atoms with Gasteiger partial charge in [-0.05, 0) is 6.92 Å². The fourth-order valence-corrected chi connectivity index (χ4v) is 2.81. The summed E-state index contributed by atoms with van der Waals surface area (Å²) >= 11 is 1.42. The molecule has 1 heterocycles. The van der Waals surface area contributed by atoms with Crippen LogP contribution in [0.15, 0.2) is 0 Å². The Morgan fingerprint density at radius 3 is 2.67 bits per heavy atom. The van der Waals surface area contributed by atoms with Crippen LogP contribution in [0.1, 0.15) is 13.3 Å². The number of nitrogens with one attached hydrogen (secondary N) is 2. The summed E-state index contributed by atoms with van der Waals surface area (Å²) in [7, 11) is 1.52. The second-order valence-electron chi connectivity index (χ2n) is 3.85. The molecule has 0 radical (unpaired) electrons. The molecule has 102 valence electrons. The molecular weight excluding hydrogens is 258 g/mol. The molecule has 0 spiro atoms. The first-order valence-corrected chi connectivity index (χ1v) is 6.63. The molecule has 1 saturated heterocycles. The molecule has 1 aliphatic heterocycles. The Balaban J connectivity index is 2.49. The van der Waals surface area contributed by atoms with Gasteiger partial charge in [-0.2, -0.15) is 0 Å². The highest BCUT2D eigenvalue weighted by molar-refractivity contribution is 8.00. The summed E-state index contributed by atoms with van der Waals surface area (Å²) in [6.45, 7) is 1.98. The molecule has 3 N–H and O–H groups in total. The maximum Gasteiger partial charge on any atom is 0.327 e. The lowest BCUT2D eigenvalue weighted by molar-refractivity contribution is -0.141. The average molecular weight is 275 g/mol. The molecular formula is C10H17N3O4S. The number of carboxylic acid groups (broad SMARTS) is 1. The maximum atomic E-state index is 11.8. The van der Waals surface area contributed by atoms with Gasteiger partial charge < -0.3 is 15.7 Å². The predicted molar refractivity (Wildman–Crippen MR) is 67.3 cm³/mol. The van der Waals surface area contributed by atoms with Gasteiger partial charge in [-0.25, -0.2) is 9.59 Å². The van der Waals surface area contributed by atoms with Crippen LogP contribution in [0.4, 0.5) is 4.79 Å². The van der Waals surface area contributed by atoms with Gasteiger partial charge in [-0.1, -0.05) is 0 Å². The number of urea groups is 1. The van der Waals surface area contributed by atoms with E-state index in [1.165, 1.54) is 23.7 Å². The number of rotatable bonds is 4. The zero-order valence-electron chi connectivity index (χ0n) is 10.3. The number of carbonyl (C=O) groups is 3. The maximum absolute atomic E-state index is 11.8. The van der Waals surface area contributed by atoms with Gasteiger partial charge in [0.2, 0.25) is 5.91 Å². The molecule has 1 aliphatic rings. The molecule has 0 aromatic heterocycles. The van der Waals surface area contributed by atoms with Gasteiger partial charge in [0.1, 0.15) is 6.04 Å². The first kappa shape index (κ1) is 14.6. The van der Waals surface area contributed by atoms with Crippen molar-refractivity contribution in [2.45, 2.75) is 24.8 Å². The SMILES string of the molecule is CNC(=O)CCNC(=O)N1C(C)SCC1C(=O)O. The van der Waals surface area contributed by atoms with E-state index in [0.717, 1.165) is 0 Å². The molecule has 7 nitrogen and oxygen atoms in total. The zero-order chi connectivity index (χ0) is 13.7. The van der Waals surface area contributed by atoms with Crippen LogP contribution in [0.3, 0.4) is 0 Å². The van der Waals surface area contributed by atoms with E-state index in [-0.39, 0.29) is 24.2 Å². The summed E-state index contributed by atoms with van der Waals surface area (Å²) in [5.74, 6) is -0.790. The Morgan fingerprint density at radius 1 is 1.44 bits per heavy atom. The normalized spacial score (nSPS) is 22.7. The Labute approximate surface area is 109 Å². The van der Waals surface area contributed by atoms with Gasteiger partial charge in [-0.3, -0.25) is 9.69 Å². The Morgan fingerprint density at radius 2 is 2.11 bits per heavy atom. The second-order valence-corrected chi connectivity index (χ2v) is 5.20. The van der Waals surface area contributed by atoms with Crippen LogP contribution in [0, 0.1) is 0 Å². The highest BCUT2D eigenvalue weighted by Crippen LogP contribution is 2.28. The van der Waals surface area contributed by atoms with Crippen LogP contribution >= 0.6 is 11.8 Å². The monoisotopic (exact) mass is 275 g/mol. The number of aliphatic carboxylic acids is 1. The van der Waals surface area contributed by atoms with E-state index in [9.17, 15) is 14.4 Å². The van der Waals surface area contributed by atoms with E-state index in [1.54, 1.807) is 6.92 Å². The van der Waals surface area contributed by atoms with E-state index in [4.69, 9.17) is 5.11 Å². The summed E-state index contributed by atoms with van der Waals surface area (Å²) in [6, 6.07) is -1.24. The van der Waals surface area contributed by atoms with Crippen molar-refractivity contribution in [3.63, 3.8) is 0 Å². The van der Waals surface area contributed by atoms with Crippen LogP contribution in [-0.4, -0.2) is 58.7 Å². The first-order valence-electron chi connectivity index (χ1n) is 5.58. The third-order valence-electron chi connectivity index (χ3n) is 2.65. The lowest BCUT2D eigenvalue weighted by Crippen LogP contribution is -2.49. The molecule has 1 rings (SSSR count). The molecule has 2 atom stereocenters. The van der Waals surface area contributed by atoms with Gasteiger partial charge in [0.05, 0.1) is 5.37 Å². The summed E-state index contributed by atoms with van der Waals surface area (Å²) in [6.07, 6.45) is 0.176. The number of carboxylic acids is 1. The number of nitrogens with zero attached hydrogens (tertiary/aromatic N) is 1. The number of hydrogen-bond donors (Lipinski definition) is 3. The Kier molecular flexibility index (Phi) is 5.26. The van der Waals surface area contributed by atoms with Crippen molar-refractivity contribution in [2.75, 3.05) is 19.3 Å². The smallest absolute Gasteiger partial charge is 0.327 e. The minimum Gasteiger partial charge on any atom is -0.480 e. The van der Waals surface area contributed by atoms with Crippen LogP contribution in [0.2, 0.25) is 0 Å². The van der Waals surface area contributed by atoms with E-state index in [2.05, 4.69) is 10.6 Å². The zero-order valence-corrected chi connectivity index (χ0v) is 11.1. The Bertz CT molecular complexity index is 350. The van der Waals surface area contributed by atoms with Gasteiger partial charge in [0.15, 0.2) is 0 Å². The lowest BCUT2D eigenvalue weighted by Gasteiger charge is -2.25. The highest BCUT2D eigenvalue weighted by Gasteiger charge is 2.39. The molecule has 0 aromatic carbocycles. The van der Waals surface area contributed by atoms with Crippen molar-refractivity contribution < 1.29 is 19.5 Å². The molecule has 0 bridgehead atoms. The van der Waals surface area contributed by atoms with Crippen LogP contribution in [0.25, 0.3) is 0 Å². The largest absolute Gasteiger partial charge is 0.480 e.